The number of nitro groups is 1. The van der Waals surface area contributed by atoms with Crippen molar-refractivity contribution >= 4 is 17.3 Å². The summed E-state index contributed by atoms with van der Waals surface area (Å²) in [6, 6.07) is 3.79. The molecule has 1 amide bonds. The van der Waals surface area contributed by atoms with Gasteiger partial charge in [0, 0.05) is 18.0 Å². The van der Waals surface area contributed by atoms with Crippen molar-refractivity contribution in [3.8, 4) is 5.75 Å². The number of hydrogen-bond donors (Lipinski definition) is 3. The number of para-hydroxylation sites is 1. The fourth-order valence-electron chi connectivity index (χ4n) is 1.41. The van der Waals surface area contributed by atoms with Gasteiger partial charge in [-0.2, -0.15) is 0 Å². The third-order valence-corrected chi connectivity index (χ3v) is 2.10. The van der Waals surface area contributed by atoms with Crippen LogP contribution in [0.25, 0.3) is 0 Å². The molecule has 0 saturated heterocycles. The topological polar surface area (TPSA) is 118 Å². The third-order valence-electron chi connectivity index (χ3n) is 2.10. The van der Waals surface area contributed by atoms with Crippen molar-refractivity contribution in [2.45, 2.75) is 25.8 Å². The lowest BCUT2D eigenvalue weighted by Crippen LogP contribution is -2.36. The lowest BCUT2D eigenvalue weighted by atomic mass is 10.0. The van der Waals surface area contributed by atoms with Crippen molar-refractivity contribution in [1.82, 2.24) is 0 Å². The molecule has 7 nitrogen and oxygen atoms in total. The minimum Gasteiger partial charge on any atom is -0.505 e. The van der Waals surface area contributed by atoms with Crippen molar-refractivity contribution < 1.29 is 14.8 Å². The lowest BCUT2D eigenvalue weighted by molar-refractivity contribution is -0.384. The Labute approximate surface area is 104 Å². The summed E-state index contributed by atoms with van der Waals surface area (Å²) in [6.45, 7) is 3.32. The fraction of sp³-hybridized carbons (Fsp3) is 0.364. The molecule has 4 N–H and O–H groups in total. The molecule has 18 heavy (non-hydrogen) atoms. The first kappa shape index (κ1) is 13.9. The van der Waals surface area contributed by atoms with Gasteiger partial charge < -0.3 is 16.2 Å². The summed E-state index contributed by atoms with van der Waals surface area (Å²) in [5.41, 5.74) is 4.36. The third kappa shape index (κ3) is 3.70. The van der Waals surface area contributed by atoms with Crippen molar-refractivity contribution in [3.63, 3.8) is 0 Å². The Balaban J connectivity index is 2.97. The molecule has 0 aliphatic heterocycles. The van der Waals surface area contributed by atoms with Crippen LogP contribution in [0.1, 0.15) is 20.3 Å². The van der Waals surface area contributed by atoms with Gasteiger partial charge in [0.15, 0.2) is 5.69 Å². The van der Waals surface area contributed by atoms with Gasteiger partial charge in [-0.15, -0.1) is 0 Å². The molecule has 0 radical (unpaired) electrons. The number of benzene rings is 1. The Kier molecular flexibility index (Phi) is 3.87. The summed E-state index contributed by atoms with van der Waals surface area (Å²) in [7, 11) is 0. The smallest absolute Gasteiger partial charge is 0.296 e. The molecule has 98 valence electrons. The molecule has 0 fully saturated rings. The van der Waals surface area contributed by atoms with Crippen LogP contribution in [0.4, 0.5) is 11.4 Å². The minimum absolute atomic E-state index is 0.0154. The highest BCUT2D eigenvalue weighted by atomic mass is 16.6. The summed E-state index contributed by atoms with van der Waals surface area (Å²) < 4.78 is 0. The molecule has 0 aliphatic carbocycles. The number of phenols is 1. The molecule has 1 aromatic rings. The number of carbonyl (C=O) groups excluding carboxylic acids is 1. The van der Waals surface area contributed by atoms with Crippen molar-refractivity contribution in [3.05, 3.63) is 28.3 Å². The van der Waals surface area contributed by atoms with Crippen LogP contribution in [0.15, 0.2) is 18.2 Å². The molecule has 0 bridgehead atoms. The van der Waals surface area contributed by atoms with Crippen LogP contribution < -0.4 is 11.1 Å². The van der Waals surface area contributed by atoms with E-state index in [9.17, 15) is 20.0 Å². The number of hydrogen-bond acceptors (Lipinski definition) is 5. The van der Waals surface area contributed by atoms with Crippen molar-refractivity contribution in [2.75, 3.05) is 5.32 Å². The lowest BCUT2D eigenvalue weighted by Gasteiger charge is -2.17. The van der Waals surface area contributed by atoms with E-state index in [-0.39, 0.29) is 23.5 Å². The zero-order chi connectivity index (χ0) is 13.9. The highest BCUT2D eigenvalue weighted by molar-refractivity contribution is 5.95. The average Bonchev–Trinajstić information content (AvgIpc) is 2.17. The largest absolute Gasteiger partial charge is 0.505 e. The summed E-state index contributed by atoms with van der Waals surface area (Å²) in [5, 5.41) is 22.6. The second-order valence-corrected chi connectivity index (χ2v) is 4.64. The first-order valence-electron chi connectivity index (χ1n) is 5.26. The van der Waals surface area contributed by atoms with E-state index < -0.39 is 16.4 Å². The van der Waals surface area contributed by atoms with Crippen LogP contribution in [-0.4, -0.2) is 21.5 Å². The first-order chi connectivity index (χ1) is 8.20. The SMILES string of the molecule is CC(C)(N)CC(=O)Nc1c(O)cccc1[N+](=O)[O-]. The molecular weight excluding hydrogens is 238 g/mol. The number of nitrogens with two attached hydrogens (primary N) is 1. The van der Waals surface area contributed by atoms with E-state index in [4.69, 9.17) is 5.73 Å². The number of phenolic OH excluding ortho intramolecular Hbond substituents is 1. The van der Waals surface area contributed by atoms with Crippen LogP contribution in [0.5, 0.6) is 5.75 Å². The van der Waals surface area contributed by atoms with Gasteiger partial charge in [0.05, 0.1) is 4.92 Å². The zero-order valence-electron chi connectivity index (χ0n) is 10.1. The quantitative estimate of drug-likeness (QED) is 0.425. The van der Waals surface area contributed by atoms with E-state index in [1.807, 2.05) is 0 Å². The maximum absolute atomic E-state index is 11.6. The van der Waals surface area contributed by atoms with E-state index in [0.29, 0.717) is 0 Å². The van der Waals surface area contributed by atoms with E-state index in [2.05, 4.69) is 5.32 Å². The van der Waals surface area contributed by atoms with Gasteiger partial charge in [0.1, 0.15) is 5.75 Å². The molecular formula is C11H15N3O4. The number of anilines is 1. The van der Waals surface area contributed by atoms with Gasteiger partial charge in [0.2, 0.25) is 5.91 Å². The van der Waals surface area contributed by atoms with Crippen molar-refractivity contribution in [1.29, 1.82) is 0 Å². The predicted molar refractivity (Wildman–Crippen MR) is 66.3 cm³/mol. The van der Waals surface area contributed by atoms with Gasteiger partial charge >= 0.3 is 0 Å². The van der Waals surface area contributed by atoms with Crippen LogP contribution in [0.3, 0.4) is 0 Å². The average molecular weight is 253 g/mol. The maximum Gasteiger partial charge on any atom is 0.296 e. The molecule has 1 rings (SSSR count). The molecule has 0 spiro atoms. The van der Waals surface area contributed by atoms with Gasteiger partial charge in [0.25, 0.3) is 5.69 Å². The van der Waals surface area contributed by atoms with Crippen LogP contribution in [0, 0.1) is 10.1 Å². The Morgan fingerprint density at radius 2 is 2.17 bits per heavy atom. The summed E-state index contributed by atoms with van der Waals surface area (Å²) in [6.07, 6.45) is -0.0154. The Hall–Kier alpha value is -2.15. The molecule has 1 aromatic carbocycles. The summed E-state index contributed by atoms with van der Waals surface area (Å²) in [5.74, 6) is -0.848. The molecule has 0 aliphatic rings. The Morgan fingerprint density at radius 1 is 1.56 bits per heavy atom. The Bertz CT molecular complexity index is 480. The standard InChI is InChI=1S/C11H15N3O4/c1-11(2,12)6-9(16)13-10-7(14(17)18)4-3-5-8(10)15/h3-5,15H,6,12H2,1-2H3,(H,13,16). The van der Waals surface area contributed by atoms with Crippen molar-refractivity contribution in [2.24, 2.45) is 5.73 Å². The summed E-state index contributed by atoms with van der Waals surface area (Å²) in [4.78, 5) is 21.7. The maximum atomic E-state index is 11.6. The monoisotopic (exact) mass is 253 g/mol. The summed E-state index contributed by atoms with van der Waals surface area (Å²) >= 11 is 0. The van der Waals surface area contributed by atoms with E-state index in [0.717, 1.165) is 0 Å². The normalized spacial score (nSPS) is 11.1. The predicted octanol–water partition coefficient (Wildman–Crippen LogP) is 1.37. The second-order valence-electron chi connectivity index (χ2n) is 4.64. The number of nitrogens with one attached hydrogen (secondary N) is 1. The number of nitrogens with zero attached hydrogens (tertiary/aromatic N) is 1. The number of amides is 1. The van der Waals surface area contributed by atoms with Gasteiger partial charge in [-0.3, -0.25) is 14.9 Å². The number of nitro benzene ring substituents is 1. The minimum atomic E-state index is -0.733. The van der Waals surface area contributed by atoms with E-state index >= 15 is 0 Å². The second kappa shape index (κ2) is 5.01. The molecule has 7 heteroatoms. The molecule has 0 unspecified atom stereocenters. The van der Waals surface area contributed by atoms with Crippen LogP contribution in [-0.2, 0) is 4.79 Å². The number of carbonyl (C=O) groups is 1. The Morgan fingerprint density at radius 3 is 2.67 bits per heavy atom. The fourth-order valence-corrected chi connectivity index (χ4v) is 1.41. The van der Waals surface area contributed by atoms with Crippen LogP contribution >= 0.6 is 0 Å². The molecule has 0 heterocycles. The number of rotatable bonds is 4. The molecule has 0 saturated carbocycles. The van der Waals surface area contributed by atoms with E-state index in [1.165, 1.54) is 18.2 Å². The van der Waals surface area contributed by atoms with Gasteiger partial charge in [-0.1, -0.05) is 6.07 Å². The van der Waals surface area contributed by atoms with Gasteiger partial charge in [-0.05, 0) is 19.9 Å². The molecule has 0 atom stereocenters. The number of aromatic hydroxyl groups is 1. The van der Waals surface area contributed by atoms with Gasteiger partial charge in [-0.25, -0.2) is 0 Å². The van der Waals surface area contributed by atoms with Crippen LogP contribution in [0.2, 0.25) is 0 Å². The highest BCUT2D eigenvalue weighted by Crippen LogP contribution is 2.33. The van der Waals surface area contributed by atoms with E-state index in [1.54, 1.807) is 13.8 Å². The first-order valence-corrected chi connectivity index (χ1v) is 5.26. The molecule has 0 aromatic heterocycles. The zero-order valence-corrected chi connectivity index (χ0v) is 10.1. The highest BCUT2D eigenvalue weighted by Gasteiger charge is 2.22.